The lowest BCUT2D eigenvalue weighted by Gasteiger charge is -2.19. The standard InChI is InChI=1S/C15H21N3O2S/c1-2-12(13-4-3-7-21-13)17-15(20)16-10-8-14(19)18(9-10)11-5-6-11/h3-4,7,10-12H,2,5-6,8-9H2,1H3,(H2,16,17,20)/t10-,12-/m1/s1. The van der Waals surface area contributed by atoms with Crippen LogP contribution in [-0.4, -0.2) is 35.5 Å². The number of hydrogen-bond donors (Lipinski definition) is 2. The molecule has 1 aromatic heterocycles. The first-order valence-corrected chi connectivity index (χ1v) is 8.45. The van der Waals surface area contributed by atoms with Gasteiger partial charge in [-0.2, -0.15) is 0 Å². The van der Waals surface area contributed by atoms with Crippen LogP contribution < -0.4 is 10.6 Å². The van der Waals surface area contributed by atoms with Gasteiger partial charge >= 0.3 is 6.03 Å². The van der Waals surface area contributed by atoms with Crippen molar-refractivity contribution in [1.29, 1.82) is 0 Å². The number of thiophene rings is 1. The first-order chi connectivity index (χ1) is 10.2. The van der Waals surface area contributed by atoms with Crippen LogP contribution >= 0.6 is 11.3 Å². The van der Waals surface area contributed by atoms with Gasteiger partial charge in [0.05, 0.1) is 12.1 Å². The van der Waals surface area contributed by atoms with E-state index < -0.39 is 0 Å². The Morgan fingerprint density at radius 1 is 1.52 bits per heavy atom. The molecule has 0 radical (unpaired) electrons. The van der Waals surface area contributed by atoms with Crippen molar-refractivity contribution in [1.82, 2.24) is 15.5 Å². The zero-order valence-corrected chi connectivity index (χ0v) is 13.0. The normalized spacial score (nSPS) is 23.2. The topological polar surface area (TPSA) is 61.4 Å². The summed E-state index contributed by atoms with van der Waals surface area (Å²) in [7, 11) is 0. The van der Waals surface area contributed by atoms with E-state index in [1.807, 2.05) is 22.4 Å². The van der Waals surface area contributed by atoms with E-state index in [-0.39, 0.29) is 24.0 Å². The van der Waals surface area contributed by atoms with Gasteiger partial charge in [0.25, 0.3) is 0 Å². The monoisotopic (exact) mass is 307 g/mol. The summed E-state index contributed by atoms with van der Waals surface area (Å²) in [4.78, 5) is 27.1. The zero-order valence-electron chi connectivity index (χ0n) is 12.2. The maximum absolute atomic E-state index is 12.1. The summed E-state index contributed by atoms with van der Waals surface area (Å²) in [5, 5.41) is 7.96. The zero-order chi connectivity index (χ0) is 14.8. The number of carbonyl (C=O) groups is 2. The Labute approximate surface area is 128 Å². The van der Waals surface area contributed by atoms with E-state index in [1.54, 1.807) is 11.3 Å². The van der Waals surface area contributed by atoms with Crippen LogP contribution in [0.1, 0.15) is 43.5 Å². The number of likely N-dealkylation sites (tertiary alicyclic amines) is 1. The Balaban J connectivity index is 1.51. The molecule has 2 fully saturated rings. The lowest BCUT2D eigenvalue weighted by Crippen LogP contribution is -2.44. The van der Waals surface area contributed by atoms with E-state index in [1.165, 1.54) is 0 Å². The van der Waals surface area contributed by atoms with Crippen molar-refractivity contribution in [2.75, 3.05) is 6.54 Å². The van der Waals surface area contributed by atoms with Crippen LogP contribution in [0.15, 0.2) is 17.5 Å². The summed E-state index contributed by atoms with van der Waals surface area (Å²) < 4.78 is 0. The third-order valence-corrected chi connectivity index (χ3v) is 5.07. The fraction of sp³-hybridized carbons (Fsp3) is 0.600. The van der Waals surface area contributed by atoms with E-state index in [4.69, 9.17) is 0 Å². The number of nitrogens with one attached hydrogen (secondary N) is 2. The number of carbonyl (C=O) groups excluding carboxylic acids is 2. The molecule has 1 aromatic rings. The summed E-state index contributed by atoms with van der Waals surface area (Å²) in [5.41, 5.74) is 0. The molecule has 1 saturated heterocycles. The molecule has 2 N–H and O–H groups in total. The van der Waals surface area contributed by atoms with Crippen LogP contribution in [0.2, 0.25) is 0 Å². The first kappa shape index (κ1) is 14.4. The first-order valence-electron chi connectivity index (χ1n) is 7.57. The van der Waals surface area contributed by atoms with Crippen molar-refractivity contribution in [2.45, 2.75) is 50.7 Å². The molecule has 1 aliphatic heterocycles. The largest absolute Gasteiger partial charge is 0.338 e. The Kier molecular flexibility index (Phi) is 4.14. The Morgan fingerprint density at radius 2 is 2.33 bits per heavy atom. The lowest BCUT2D eigenvalue weighted by molar-refractivity contribution is -0.128. The average molecular weight is 307 g/mol. The van der Waals surface area contributed by atoms with Crippen molar-refractivity contribution in [3.8, 4) is 0 Å². The Bertz CT molecular complexity index is 513. The number of amides is 3. The van der Waals surface area contributed by atoms with E-state index >= 15 is 0 Å². The molecule has 3 rings (SSSR count). The molecule has 3 amide bonds. The minimum atomic E-state index is -0.175. The van der Waals surface area contributed by atoms with Crippen LogP contribution in [-0.2, 0) is 4.79 Å². The van der Waals surface area contributed by atoms with Crippen molar-refractivity contribution < 1.29 is 9.59 Å². The molecule has 1 aliphatic carbocycles. The van der Waals surface area contributed by atoms with Crippen molar-refractivity contribution in [3.05, 3.63) is 22.4 Å². The quantitative estimate of drug-likeness (QED) is 0.876. The fourth-order valence-corrected chi connectivity index (χ4v) is 3.68. The van der Waals surface area contributed by atoms with Gasteiger partial charge in [0, 0.05) is 23.9 Å². The maximum Gasteiger partial charge on any atom is 0.315 e. The molecule has 2 aliphatic rings. The van der Waals surface area contributed by atoms with Gasteiger partial charge in [0.1, 0.15) is 0 Å². The van der Waals surface area contributed by atoms with E-state index in [0.29, 0.717) is 19.0 Å². The van der Waals surface area contributed by atoms with Crippen molar-refractivity contribution in [2.24, 2.45) is 0 Å². The predicted octanol–water partition coefficient (Wildman–Crippen LogP) is 2.26. The number of rotatable bonds is 5. The lowest BCUT2D eigenvalue weighted by atomic mass is 10.2. The minimum absolute atomic E-state index is 0.0432. The van der Waals surface area contributed by atoms with Gasteiger partial charge in [-0.3, -0.25) is 4.79 Å². The van der Waals surface area contributed by atoms with Crippen LogP contribution in [0, 0.1) is 0 Å². The molecule has 2 atom stereocenters. The molecule has 6 heteroatoms. The third-order valence-electron chi connectivity index (χ3n) is 4.08. The summed E-state index contributed by atoms with van der Waals surface area (Å²) in [6, 6.07) is 4.27. The second-order valence-corrected chi connectivity index (χ2v) is 6.75. The molecule has 0 aromatic carbocycles. The van der Waals surface area contributed by atoms with Gasteiger partial charge in [0.2, 0.25) is 5.91 Å². The van der Waals surface area contributed by atoms with Crippen molar-refractivity contribution >= 4 is 23.3 Å². The predicted molar refractivity (Wildman–Crippen MR) is 82.2 cm³/mol. The Morgan fingerprint density at radius 3 is 2.95 bits per heavy atom. The van der Waals surface area contributed by atoms with Crippen LogP contribution in [0.5, 0.6) is 0 Å². The fourth-order valence-electron chi connectivity index (χ4n) is 2.82. The molecule has 2 heterocycles. The van der Waals surface area contributed by atoms with Gasteiger partial charge in [-0.1, -0.05) is 13.0 Å². The highest BCUT2D eigenvalue weighted by Crippen LogP contribution is 2.30. The van der Waals surface area contributed by atoms with Gasteiger partial charge < -0.3 is 15.5 Å². The van der Waals surface area contributed by atoms with E-state index in [9.17, 15) is 9.59 Å². The second-order valence-electron chi connectivity index (χ2n) is 5.77. The summed E-state index contributed by atoms with van der Waals surface area (Å²) >= 11 is 1.65. The molecule has 0 unspecified atom stereocenters. The molecule has 0 bridgehead atoms. The molecular formula is C15H21N3O2S. The van der Waals surface area contributed by atoms with Crippen molar-refractivity contribution in [3.63, 3.8) is 0 Å². The minimum Gasteiger partial charge on any atom is -0.338 e. The van der Waals surface area contributed by atoms with Gasteiger partial charge in [0.15, 0.2) is 0 Å². The highest BCUT2D eigenvalue weighted by molar-refractivity contribution is 7.10. The SMILES string of the molecule is CC[C@@H](NC(=O)N[C@@H]1CC(=O)N(C2CC2)C1)c1cccs1. The summed E-state index contributed by atoms with van der Waals surface area (Å²) in [5.74, 6) is 0.174. The summed E-state index contributed by atoms with van der Waals surface area (Å²) in [6.07, 6.45) is 3.51. The summed E-state index contributed by atoms with van der Waals surface area (Å²) in [6.45, 7) is 2.71. The third kappa shape index (κ3) is 3.37. The van der Waals surface area contributed by atoms with Gasteiger partial charge in [-0.15, -0.1) is 11.3 Å². The highest BCUT2D eigenvalue weighted by Gasteiger charge is 2.39. The number of nitrogens with zero attached hydrogens (tertiary/aromatic N) is 1. The number of urea groups is 1. The Hall–Kier alpha value is -1.56. The van der Waals surface area contributed by atoms with E-state index in [2.05, 4.69) is 17.6 Å². The highest BCUT2D eigenvalue weighted by atomic mass is 32.1. The molecule has 1 saturated carbocycles. The van der Waals surface area contributed by atoms with Crippen LogP contribution in [0.3, 0.4) is 0 Å². The molecule has 114 valence electrons. The van der Waals surface area contributed by atoms with Crippen LogP contribution in [0.4, 0.5) is 4.79 Å². The smallest absolute Gasteiger partial charge is 0.315 e. The molecule has 0 spiro atoms. The van der Waals surface area contributed by atoms with E-state index in [0.717, 1.165) is 24.1 Å². The van der Waals surface area contributed by atoms with Gasteiger partial charge in [-0.25, -0.2) is 4.79 Å². The second kappa shape index (κ2) is 6.05. The van der Waals surface area contributed by atoms with Gasteiger partial charge in [-0.05, 0) is 30.7 Å². The maximum atomic E-state index is 12.1. The number of hydrogen-bond acceptors (Lipinski definition) is 3. The molecule has 21 heavy (non-hydrogen) atoms. The molecular weight excluding hydrogens is 286 g/mol. The average Bonchev–Trinajstić information content (AvgIpc) is 3.02. The molecule has 5 nitrogen and oxygen atoms in total. The van der Waals surface area contributed by atoms with Crippen LogP contribution in [0.25, 0.3) is 0 Å².